The number of sulfone groups is 1. The van der Waals surface area contributed by atoms with Crippen LogP contribution in [-0.4, -0.2) is 25.7 Å². The number of carbonyl (C=O) groups is 1. The Hall–Kier alpha value is -1.36. The molecule has 0 aliphatic rings. The molecular weight excluding hydrogens is 204 g/mol. The number of aromatic carboxylic acids is 1. The number of benzene rings is 1. The highest BCUT2D eigenvalue weighted by Crippen LogP contribution is 2.19. The van der Waals surface area contributed by atoms with Crippen molar-refractivity contribution in [3.05, 3.63) is 29.3 Å². The average molecular weight is 214 g/mol. The van der Waals surface area contributed by atoms with Crippen LogP contribution in [0.15, 0.2) is 23.1 Å². The molecule has 1 rings (SSSR count). The summed E-state index contributed by atoms with van der Waals surface area (Å²) in [6.07, 6.45) is 1.00. The lowest BCUT2D eigenvalue weighted by atomic mass is 10.1. The van der Waals surface area contributed by atoms with Crippen molar-refractivity contribution >= 4 is 15.8 Å². The van der Waals surface area contributed by atoms with Gasteiger partial charge in [0.25, 0.3) is 0 Å². The molecule has 1 aromatic rings. The van der Waals surface area contributed by atoms with Crippen LogP contribution in [0.4, 0.5) is 0 Å². The third-order valence-corrected chi connectivity index (χ3v) is 3.10. The van der Waals surface area contributed by atoms with E-state index in [1.54, 1.807) is 13.0 Å². The Morgan fingerprint density at radius 3 is 2.29 bits per heavy atom. The van der Waals surface area contributed by atoms with E-state index < -0.39 is 15.8 Å². The van der Waals surface area contributed by atoms with Crippen LogP contribution in [0.25, 0.3) is 0 Å². The highest BCUT2D eigenvalue weighted by molar-refractivity contribution is 7.90. The second-order valence-corrected chi connectivity index (χ2v) is 4.98. The number of hydrogen-bond donors (Lipinski definition) is 1. The molecule has 4 nitrogen and oxygen atoms in total. The van der Waals surface area contributed by atoms with Crippen molar-refractivity contribution in [3.8, 4) is 0 Å². The average Bonchev–Trinajstić information content (AvgIpc) is 2.01. The molecule has 0 fully saturated rings. The summed E-state index contributed by atoms with van der Waals surface area (Å²) < 4.78 is 22.6. The van der Waals surface area contributed by atoms with Gasteiger partial charge < -0.3 is 5.11 Å². The first-order chi connectivity index (χ1) is 6.34. The molecule has 0 aliphatic carbocycles. The van der Waals surface area contributed by atoms with Gasteiger partial charge in [0.2, 0.25) is 0 Å². The second-order valence-electron chi connectivity index (χ2n) is 3.03. The number of aryl methyl sites for hydroxylation is 1. The predicted octanol–water partition coefficient (Wildman–Crippen LogP) is 1.10. The number of carboxylic acids is 1. The summed E-state index contributed by atoms with van der Waals surface area (Å²) in [5.74, 6) is -1.23. The van der Waals surface area contributed by atoms with Gasteiger partial charge in [-0.2, -0.15) is 0 Å². The fraction of sp³-hybridized carbons (Fsp3) is 0.222. The zero-order valence-electron chi connectivity index (χ0n) is 7.81. The molecule has 0 amide bonds. The predicted molar refractivity (Wildman–Crippen MR) is 51.2 cm³/mol. The van der Waals surface area contributed by atoms with Crippen LogP contribution in [0, 0.1) is 6.92 Å². The molecule has 0 saturated heterocycles. The summed E-state index contributed by atoms with van der Waals surface area (Å²) in [4.78, 5) is 10.7. The minimum Gasteiger partial charge on any atom is -0.478 e. The van der Waals surface area contributed by atoms with Crippen LogP contribution in [-0.2, 0) is 9.84 Å². The Balaban J connectivity index is 3.62. The van der Waals surface area contributed by atoms with Crippen LogP contribution in [0.5, 0.6) is 0 Å². The highest BCUT2D eigenvalue weighted by atomic mass is 32.2. The minimum absolute atomic E-state index is 0.104. The first-order valence-corrected chi connectivity index (χ1v) is 5.76. The van der Waals surface area contributed by atoms with Crippen molar-refractivity contribution in [2.45, 2.75) is 11.8 Å². The van der Waals surface area contributed by atoms with E-state index in [9.17, 15) is 13.2 Å². The van der Waals surface area contributed by atoms with Crippen LogP contribution in [0.1, 0.15) is 15.9 Å². The molecule has 0 aromatic heterocycles. The van der Waals surface area contributed by atoms with Gasteiger partial charge in [0.15, 0.2) is 9.84 Å². The van der Waals surface area contributed by atoms with Gasteiger partial charge in [-0.1, -0.05) is 12.1 Å². The number of carboxylic acid groups (broad SMARTS) is 1. The number of hydrogen-bond acceptors (Lipinski definition) is 3. The van der Waals surface area contributed by atoms with E-state index in [-0.39, 0.29) is 10.5 Å². The maximum absolute atomic E-state index is 11.3. The van der Waals surface area contributed by atoms with Crippen molar-refractivity contribution in [3.63, 3.8) is 0 Å². The first kappa shape index (κ1) is 10.7. The van der Waals surface area contributed by atoms with Gasteiger partial charge in [0.05, 0.1) is 10.5 Å². The molecule has 0 heterocycles. The van der Waals surface area contributed by atoms with E-state index in [2.05, 4.69) is 0 Å². The summed E-state index contributed by atoms with van der Waals surface area (Å²) in [6.45, 7) is 1.57. The molecule has 0 atom stereocenters. The van der Waals surface area contributed by atoms with Gasteiger partial charge in [0.1, 0.15) is 0 Å². The van der Waals surface area contributed by atoms with E-state index in [0.29, 0.717) is 5.56 Å². The fourth-order valence-electron chi connectivity index (χ4n) is 1.31. The van der Waals surface area contributed by atoms with Gasteiger partial charge >= 0.3 is 5.97 Å². The van der Waals surface area contributed by atoms with Gasteiger partial charge in [-0.15, -0.1) is 0 Å². The Bertz CT molecular complexity index is 474. The number of rotatable bonds is 2. The van der Waals surface area contributed by atoms with Crippen LogP contribution in [0.2, 0.25) is 0 Å². The molecule has 0 bridgehead atoms. The second kappa shape index (κ2) is 3.42. The van der Waals surface area contributed by atoms with E-state index >= 15 is 0 Å². The van der Waals surface area contributed by atoms with Gasteiger partial charge in [-0.25, -0.2) is 13.2 Å². The quantitative estimate of drug-likeness (QED) is 0.800. The van der Waals surface area contributed by atoms with E-state index in [1.165, 1.54) is 12.1 Å². The molecule has 14 heavy (non-hydrogen) atoms. The molecule has 1 N–H and O–H groups in total. The fourth-order valence-corrected chi connectivity index (χ4v) is 2.52. The summed E-state index contributed by atoms with van der Waals surface area (Å²) in [5.41, 5.74) is 0.278. The van der Waals surface area contributed by atoms with Crippen molar-refractivity contribution in [2.24, 2.45) is 0 Å². The van der Waals surface area contributed by atoms with Crippen molar-refractivity contribution in [1.29, 1.82) is 0 Å². The largest absolute Gasteiger partial charge is 0.478 e. The molecule has 1 aromatic carbocycles. The van der Waals surface area contributed by atoms with Crippen molar-refractivity contribution in [2.75, 3.05) is 6.26 Å². The highest BCUT2D eigenvalue weighted by Gasteiger charge is 2.19. The Morgan fingerprint density at radius 2 is 1.93 bits per heavy atom. The van der Waals surface area contributed by atoms with Gasteiger partial charge in [-0.3, -0.25) is 0 Å². The summed E-state index contributed by atoms with van der Waals surface area (Å²) in [6, 6.07) is 4.38. The Morgan fingerprint density at radius 1 is 1.36 bits per heavy atom. The SMILES string of the molecule is Cc1cccc(C(=O)O)c1S(C)(=O)=O. The molecular formula is C9H10O4S. The minimum atomic E-state index is -3.49. The molecule has 0 radical (unpaired) electrons. The van der Waals surface area contributed by atoms with E-state index in [0.717, 1.165) is 6.26 Å². The van der Waals surface area contributed by atoms with Crippen LogP contribution >= 0.6 is 0 Å². The lowest BCUT2D eigenvalue weighted by Gasteiger charge is -2.06. The maximum Gasteiger partial charge on any atom is 0.337 e. The zero-order valence-corrected chi connectivity index (χ0v) is 8.63. The van der Waals surface area contributed by atoms with Crippen LogP contribution in [0.3, 0.4) is 0 Å². The standard InChI is InChI=1S/C9H10O4S/c1-6-4-3-5-7(9(10)11)8(6)14(2,12)13/h3-5H,1-2H3,(H,10,11). The van der Waals surface area contributed by atoms with Gasteiger partial charge in [0, 0.05) is 6.26 Å². The molecule has 0 saturated carbocycles. The molecule has 0 aliphatic heterocycles. The molecule has 76 valence electrons. The third-order valence-electron chi connectivity index (χ3n) is 1.81. The zero-order chi connectivity index (χ0) is 10.9. The Kier molecular flexibility index (Phi) is 2.62. The van der Waals surface area contributed by atoms with E-state index in [1.807, 2.05) is 0 Å². The third kappa shape index (κ3) is 1.93. The van der Waals surface area contributed by atoms with Gasteiger partial charge in [-0.05, 0) is 18.6 Å². The summed E-state index contributed by atoms with van der Waals surface area (Å²) in [5, 5.41) is 8.79. The summed E-state index contributed by atoms with van der Waals surface area (Å²) >= 11 is 0. The van der Waals surface area contributed by atoms with E-state index in [4.69, 9.17) is 5.11 Å². The Labute approximate surface area is 82.1 Å². The monoisotopic (exact) mass is 214 g/mol. The lowest BCUT2D eigenvalue weighted by molar-refractivity contribution is 0.0692. The summed E-state index contributed by atoms with van der Waals surface area (Å²) in [7, 11) is -3.49. The molecule has 0 unspecified atom stereocenters. The normalized spacial score (nSPS) is 11.3. The topological polar surface area (TPSA) is 71.4 Å². The maximum atomic E-state index is 11.3. The lowest BCUT2D eigenvalue weighted by Crippen LogP contribution is -2.09. The van der Waals surface area contributed by atoms with Crippen molar-refractivity contribution in [1.82, 2.24) is 0 Å². The van der Waals surface area contributed by atoms with Crippen LogP contribution < -0.4 is 0 Å². The smallest absolute Gasteiger partial charge is 0.337 e. The molecule has 5 heteroatoms. The van der Waals surface area contributed by atoms with Crippen molar-refractivity contribution < 1.29 is 18.3 Å². The first-order valence-electron chi connectivity index (χ1n) is 3.87. The molecule has 0 spiro atoms.